The maximum Gasteiger partial charge on any atom is 0.260 e. The molecule has 0 fully saturated rings. The van der Waals surface area contributed by atoms with E-state index >= 15 is 0 Å². The number of hydrogen-bond acceptors (Lipinski definition) is 3. The highest BCUT2D eigenvalue weighted by molar-refractivity contribution is 6.32. The van der Waals surface area contributed by atoms with Crippen LogP contribution in [0, 0.1) is 0 Å². The van der Waals surface area contributed by atoms with Crippen molar-refractivity contribution in [3.05, 3.63) is 71.8 Å². The van der Waals surface area contributed by atoms with Crippen molar-refractivity contribution in [2.24, 2.45) is 0 Å². The van der Waals surface area contributed by atoms with Gasteiger partial charge in [-0.2, -0.15) is 0 Å². The summed E-state index contributed by atoms with van der Waals surface area (Å²) in [6.07, 6.45) is -0.643. The lowest BCUT2D eigenvalue weighted by Crippen LogP contribution is -2.38. The zero-order valence-electron chi connectivity index (χ0n) is 14.4. The second-order valence-electron chi connectivity index (χ2n) is 5.84. The van der Waals surface area contributed by atoms with E-state index < -0.39 is 6.10 Å². The van der Waals surface area contributed by atoms with E-state index in [-0.39, 0.29) is 5.91 Å². The topological polar surface area (TPSA) is 47.6 Å². The fraction of sp³-hybridized carbons (Fsp3) is 0.190. The van der Waals surface area contributed by atoms with Crippen LogP contribution >= 0.6 is 11.6 Å². The van der Waals surface area contributed by atoms with E-state index in [0.717, 1.165) is 11.1 Å². The molecule has 0 spiro atoms. The van der Waals surface area contributed by atoms with E-state index in [0.29, 0.717) is 23.9 Å². The maximum absolute atomic E-state index is 12.1. The van der Waals surface area contributed by atoms with Crippen LogP contribution in [0.3, 0.4) is 0 Å². The van der Waals surface area contributed by atoms with Crippen molar-refractivity contribution >= 4 is 28.3 Å². The summed E-state index contributed by atoms with van der Waals surface area (Å²) in [4.78, 5) is 12.1. The van der Waals surface area contributed by atoms with Gasteiger partial charge in [0.1, 0.15) is 18.1 Å². The van der Waals surface area contributed by atoms with Crippen molar-refractivity contribution in [1.82, 2.24) is 5.32 Å². The van der Waals surface area contributed by atoms with Crippen LogP contribution in [0.2, 0.25) is 5.02 Å². The lowest BCUT2D eigenvalue weighted by atomic mass is 10.1. The predicted octanol–water partition coefficient (Wildman–Crippen LogP) is 4.46. The van der Waals surface area contributed by atoms with Crippen molar-refractivity contribution in [3.63, 3.8) is 0 Å². The Labute approximate surface area is 157 Å². The lowest BCUT2D eigenvalue weighted by Gasteiger charge is -2.15. The largest absolute Gasteiger partial charge is 0.492 e. The quantitative estimate of drug-likeness (QED) is 0.626. The molecule has 5 heteroatoms. The molecule has 26 heavy (non-hydrogen) atoms. The molecule has 1 amide bonds. The highest BCUT2D eigenvalue weighted by Gasteiger charge is 2.15. The van der Waals surface area contributed by atoms with Gasteiger partial charge in [0, 0.05) is 0 Å². The number of benzene rings is 3. The molecule has 0 bridgehead atoms. The summed E-state index contributed by atoms with van der Waals surface area (Å²) in [6.45, 7) is 2.45. The summed E-state index contributed by atoms with van der Waals surface area (Å²) in [7, 11) is 0. The minimum absolute atomic E-state index is 0.216. The molecule has 0 aromatic heterocycles. The van der Waals surface area contributed by atoms with Gasteiger partial charge < -0.3 is 14.8 Å². The molecule has 0 aliphatic carbocycles. The monoisotopic (exact) mass is 369 g/mol. The molecule has 3 rings (SSSR count). The SMILES string of the molecule is C[C@@H](Oc1ccccc1Cl)C(=O)NCCOc1ccc2ccccc2c1. The van der Waals surface area contributed by atoms with Crippen LogP contribution in [0.4, 0.5) is 0 Å². The van der Waals surface area contributed by atoms with Crippen LogP contribution < -0.4 is 14.8 Å². The van der Waals surface area contributed by atoms with E-state index in [1.165, 1.54) is 5.39 Å². The van der Waals surface area contributed by atoms with Crippen LogP contribution in [0.5, 0.6) is 11.5 Å². The number of amides is 1. The van der Waals surface area contributed by atoms with Gasteiger partial charge in [0.15, 0.2) is 6.10 Å². The van der Waals surface area contributed by atoms with Crippen molar-refractivity contribution in [2.45, 2.75) is 13.0 Å². The first-order valence-electron chi connectivity index (χ1n) is 8.44. The summed E-state index contributed by atoms with van der Waals surface area (Å²) < 4.78 is 11.3. The second-order valence-corrected chi connectivity index (χ2v) is 6.25. The number of ether oxygens (including phenoxy) is 2. The summed E-state index contributed by atoms with van der Waals surface area (Å²) in [5.74, 6) is 1.05. The van der Waals surface area contributed by atoms with Gasteiger partial charge in [0.05, 0.1) is 11.6 Å². The molecule has 0 aliphatic rings. The van der Waals surface area contributed by atoms with E-state index in [2.05, 4.69) is 11.4 Å². The average molecular weight is 370 g/mol. The third kappa shape index (κ3) is 4.67. The summed E-state index contributed by atoms with van der Waals surface area (Å²) >= 11 is 6.03. The first kappa shape index (κ1) is 18.1. The van der Waals surface area contributed by atoms with Crippen LogP contribution in [-0.4, -0.2) is 25.2 Å². The number of fused-ring (bicyclic) bond motifs is 1. The van der Waals surface area contributed by atoms with Gasteiger partial charge in [-0.25, -0.2) is 0 Å². The third-order valence-corrected chi connectivity index (χ3v) is 4.21. The fourth-order valence-electron chi connectivity index (χ4n) is 2.53. The number of halogens is 1. The Morgan fingerprint density at radius 2 is 1.77 bits per heavy atom. The highest BCUT2D eigenvalue weighted by atomic mass is 35.5. The van der Waals surface area contributed by atoms with Gasteiger partial charge in [0.25, 0.3) is 5.91 Å². The summed E-state index contributed by atoms with van der Waals surface area (Å²) in [5.41, 5.74) is 0. The van der Waals surface area contributed by atoms with Crippen LogP contribution in [0.1, 0.15) is 6.92 Å². The van der Waals surface area contributed by atoms with Crippen molar-refractivity contribution < 1.29 is 14.3 Å². The van der Waals surface area contributed by atoms with Gasteiger partial charge in [-0.1, -0.05) is 54.1 Å². The minimum Gasteiger partial charge on any atom is -0.492 e. The van der Waals surface area contributed by atoms with E-state index in [4.69, 9.17) is 21.1 Å². The average Bonchev–Trinajstić information content (AvgIpc) is 2.66. The molecular weight excluding hydrogens is 350 g/mol. The first-order valence-corrected chi connectivity index (χ1v) is 8.82. The Morgan fingerprint density at radius 1 is 1.04 bits per heavy atom. The molecule has 1 atom stereocenters. The normalized spacial score (nSPS) is 11.8. The van der Waals surface area contributed by atoms with Gasteiger partial charge in [-0.3, -0.25) is 4.79 Å². The molecular formula is C21H20ClNO3. The number of carbonyl (C=O) groups is 1. The number of rotatable bonds is 7. The van der Waals surface area contributed by atoms with Crippen molar-refractivity contribution in [3.8, 4) is 11.5 Å². The minimum atomic E-state index is -0.643. The Hall–Kier alpha value is -2.72. The van der Waals surface area contributed by atoms with E-state index in [9.17, 15) is 4.79 Å². The van der Waals surface area contributed by atoms with Gasteiger partial charge in [0.2, 0.25) is 0 Å². The predicted molar refractivity (Wildman–Crippen MR) is 104 cm³/mol. The van der Waals surface area contributed by atoms with Crippen LogP contribution in [0.25, 0.3) is 10.8 Å². The van der Waals surface area contributed by atoms with E-state index in [1.807, 2.05) is 48.5 Å². The van der Waals surface area contributed by atoms with Crippen molar-refractivity contribution in [2.75, 3.05) is 13.2 Å². The van der Waals surface area contributed by atoms with Crippen LogP contribution in [0.15, 0.2) is 66.7 Å². The molecule has 3 aromatic carbocycles. The number of para-hydroxylation sites is 1. The zero-order chi connectivity index (χ0) is 18.4. The molecule has 0 aliphatic heterocycles. The number of nitrogens with one attached hydrogen (secondary N) is 1. The molecule has 4 nitrogen and oxygen atoms in total. The van der Waals surface area contributed by atoms with Gasteiger partial charge in [-0.05, 0) is 42.0 Å². The molecule has 0 heterocycles. The number of hydrogen-bond donors (Lipinski definition) is 1. The van der Waals surface area contributed by atoms with Gasteiger partial charge >= 0.3 is 0 Å². The highest BCUT2D eigenvalue weighted by Crippen LogP contribution is 2.24. The molecule has 1 N–H and O–H groups in total. The molecule has 0 radical (unpaired) electrons. The zero-order valence-corrected chi connectivity index (χ0v) is 15.2. The lowest BCUT2D eigenvalue weighted by molar-refractivity contribution is -0.127. The summed E-state index contributed by atoms with van der Waals surface area (Å²) in [5, 5.41) is 5.56. The molecule has 0 saturated heterocycles. The molecule has 3 aromatic rings. The fourth-order valence-corrected chi connectivity index (χ4v) is 2.71. The molecule has 0 saturated carbocycles. The Morgan fingerprint density at radius 3 is 2.58 bits per heavy atom. The Bertz CT molecular complexity index is 897. The Balaban J connectivity index is 1.45. The Kier molecular flexibility index (Phi) is 5.97. The standard InChI is InChI=1S/C21H20ClNO3/c1-15(26-20-9-5-4-8-19(20)22)21(24)23-12-13-25-18-11-10-16-6-2-3-7-17(16)14-18/h2-11,14-15H,12-13H2,1H3,(H,23,24)/t15-/m1/s1. The second kappa shape index (κ2) is 8.59. The first-order chi connectivity index (χ1) is 12.6. The number of carbonyl (C=O) groups excluding carboxylic acids is 1. The molecule has 0 unspecified atom stereocenters. The summed E-state index contributed by atoms with van der Waals surface area (Å²) in [6, 6.07) is 21.1. The smallest absolute Gasteiger partial charge is 0.260 e. The maximum atomic E-state index is 12.1. The molecule has 134 valence electrons. The van der Waals surface area contributed by atoms with E-state index in [1.54, 1.807) is 19.1 Å². The third-order valence-electron chi connectivity index (χ3n) is 3.90. The van der Waals surface area contributed by atoms with Crippen LogP contribution in [-0.2, 0) is 4.79 Å². The van der Waals surface area contributed by atoms with Gasteiger partial charge in [-0.15, -0.1) is 0 Å². The van der Waals surface area contributed by atoms with Crippen molar-refractivity contribution in [1.29, 1.82) is 0 Å².